The summed E-state index contributed by atoms with van der Waals surface area (Å²) in [7, 11) is 0. The summed E-state index contributed by atoms with van der Waals surface area (Å²) in [6.45, 7) is 3.15. The van der Waals surface area contributed by atoms with Gasteiger partial charge in [-0.2, -0.15) is 0 Å². The molecule has 2 aromatic heterocycles. The number of imidazole rings is 1. The van der Waals surface area contributed by atoms with Crippen LogP contribution in [0.25, 0.3) is 32.2 Å². The van der Waals surface area contributed by atoms with E-state index in [1.807, 2.05) is 18.2 Å². The molecule has 0 amide bonds. The van der Waals surface area contributed by atoms with Crippen LogP contribution in [0.1, 0.15) is 18.4 Å². The van der Waals surface area contributed by atoms with Crippen LogP contribution in [0.15, 0.2) is 60.7 Å². The molecular weight excluding hydrogens is 364 g/mol. The molecule has 0 aliphatic carbocycles. The van der Waals surface area contributed by atoms with E-state index < -0.39 is 0 Å². The van der Waals surface area contributed by atoms with Crippen LogP contribution in [0, 0.1) is 0 Å². The van der Waals surface area contributed by atoms with Gasteiger partial charge in [0.15, 0.2) is 0 Å². The van der Waals surface area contributed by atoms with Gasteiger partial charge in [-0.05, 0) is 54.8 Å². The number of nitrogens with two attached hydrogens (primary N) is 1. The fourth-order valence-electron chi connectivity index (χ4n) is 3.96. The first-order valence-electron chi connectivity index (χ1n) is 9.87. The lowest BCUT2D eigenvalue weighted by molar-refractivity contribution is 0.201. The third-order valence-corrected chi connectivity index (χ3v) is 6.56. The zero-order valence-electron chi connectivity index (χ0n) is 15.8. The molecule has 0 radical (unpaired) electrons. The second-order valence-corrected chi connectivity index (χ2v) is 8.68. The topological polar surface area (TPSA) is 57.9 Å². The fraction of sp³-hybridized carbons (Fsp3) is 0.261. The number of H-pyrrole nitrogens is 1. The molecule has 1 unspecified atom stereocenters. The van der Waals surface area contributed by atoms with Gasteiger partial charge in [-0.3, -0.25) is 4.90 Å². The Labute approximate surface area is 169 Å². The van der Waals surface area contributed by atoms with Crippen LogP contribution in [0.3, 0.4) is 0 Å². The number of nitrogens with one attached hydrogen (secondary N) is 1. The van der Waals surface area contributed by atoms with Gasteiger partial charge in [-0.1, -0.05) is 36.4 Å². The number of nitrogens with zero attached hydrogens (tertiary/aromatic N) is 2. The lowest BCUT2D eigenvalue weighted by Crippen LogP contribution is -2.42. The minimum atomic E-state index is 0.329. The predicted molar refractivity (Wildman–Crippen MR) is 117 cm³/mol. The lowest BCUT2D eigenvalue weighted by atomic mass is 10.0. The maximum Gasteiger partial charge on any atom is 0.148 e. The standard InChI is InChI=1S/C23H24N4S/c24-18-4-3-13-27(15-18)14-16-7-9-17(10-8-16)21-11-12-22(28-21)23-25-19-5-1-2-6-20(19)26-23/h1-2,5-12,18H,3-4,13-15,24H2,(H,25,26). The van der Waals surface area contributed by atoms with Gasteiger partial charge in [0.2, 0.25) is 0 Å². The van der Waals surface area contributed by atoms with Gasteiger partial charge in [-0.15, -0.1) is 11.3 Å². The number of fused-ring (bicyclic) bond motifs is 1. The third-order valence-electron chi connectivity index (χ3n) is 5.42. The van der Waals surface area contributed by atoms with Gasteiger partial charge in [0.25, 0.3) is 0 Å². The molecule has 3 N–H and O–H groups in total. The Morgan fingerprint density at radius 1 is 1.04 bits per heavy atom. The van der Waals surface area contributed by atoms with Gasteiger partial charge in [0, 0.05) is 24.0 Å². The normalized spacial score (nSPS) is 18.0. The summed E-state index contributed by atoms with van der Waals surface area (Å²) in [5.41, 5.74) is 10.8. The molecule has 1 aliphatic rings. The van der Waals surface area contributed by atoms with Crippen molar-refractivity contribution in [3.05, 3.63) is 66.2 Å². The summed E-state index contributed by atoms with van der Waals surface area (Å²) in [5.74, 6) is 0.940. The van der Waals surface area contributed by atoms with Crippen molar-refractivity contribution in [3.8, 4) is 21.1 Å². The van der Waals surface area contributed by atoms with E-state index in [-0.39, 0.29) is 0 Å². The number of aromatic amines is 1. The van der Waals surface area contributed by atoms with Gasteiger partial charge >= 0.3 is 0 Å². The smallest absolute Gasteiger partial charge is 0.148 e. The van der Waals surface area contributed by atoms with Crippen LogP contribution in [0.4, 0.5) is 0 Å². The maximum absolute atomic E-state index is 6.11. The zero-order chi connectivity index (χ0) is 18.9. The molecule has 5 rings (SSSR count). The summed E-state index contributed by atoms with van der Waals surface area (Å²) >= 11 is 1.78. The van der Waals surface area contributed by atoms with Crippen LogP contribution >= 0.6 is 11.3 Å². The third kappa shape index (κ3) is 3.61. The molecule has 1 fully saturated rings. The van der Waals surface area contributed by atoms with E-state index in [1.165, 1.54) is 22.4 Å². The Morgan fingerprint density at radius 2 is 1.86 bits per heavy atom. The van der Waals surface area contributed by atoms with E-state index in [1.54, 1.807) is 11.3 Å². The average Bonchev–Trinajstić information content (AvgIpc) is 3.36. The fourth-order valence-corrected chi connectivity index (χ4v) is 4.91. The van der Waals surface area contributed by atoms with Crippen LogP contribution in [0.5, 0.6) is 0 Å². The summed E-state index contributed by atoms with van der Waals surface area (Å²) in [5, 5.41) is 0. The van der Waals surface area contributed by atoms with E-state index >= 15 is 0 Å². The van der Waals surface area contributed by atoms with Crippen LogP contribution in [0.2, 0.25) is 0 Å². The first-order chi connectivity index (χ1) is 13.7. The molecule has 0 spiro atoms. The van der Waals surface area contributed by atoms with Crippen LogP contribution < -0.4 is 5.73 Å². The molecular formula is C23H24N4S. The van der Waals surface area contributed by atoms with Gasteiger partial charge in [0.1, 0.15) is 5.82 Å². The van der Waals surface area contributed by atoms with Crippen molar-refractivity contribution >= 4 is 22.4 Å². The number of rotatable bonds is 4. The molecule has 4 nitrogen and oxygen atoms in total. The summed E-state index contributed by atoms with van der Waals surface area (Å²) in [6.07, 6.45) is 2.36. The highest BCUT2D eigenvalue weighted by Crippen LogP contribution is 2.34. The monoisotopic (exact) mass is 388 g/mol. The number of likely N-dealkylation sites (tertiary alicyclic amines) is 1. The maximum atomic E-state index is 6.11. The van der Waals surface area contributed by atoms with E-state index in [2.05, 4.69) is 52.3 Å². The lowest BCUT2D eigenvalue weighted by Gasteiger charge is -2.30. The number of hydrogen-bond acceptors (Lipinski definition) is 4. The Bertz CT molecular complexity index is 1050. The number of para-hydroxylation sites is 2. The molecule has 142 valence electrons. The molecule has 28 heavy (non-hydrogen) atoms. The highest BCUT2D eigenvalue weighted by atomic mass is 32.1. The molecule has 1 aliphatic heterocycles. The van der Waals surface area contributed by atoms with Crippen molar-refractivity contribution in [1.29, 1.82) is 0 Å². The molecule has 3 heterocycles. The first-order valence-corrected chi connectivity index (χ1v) is 10.7. The predicted octanol–water partition coefficient (Wildman–Crippen LogP) is 4.88. The molecule has 2 aromatic carbocycles. The van der Waals surface area contributed by atoms with E-state index in [0.717, 1.165) is 47.8 Å². The number of benzene rings is 2. The van der Waals surface area contributed by atoms with Crippen LogP contribution in [-0.4, -0.2) is 34.0 Å². The quantitative estimate of drug-likeness (QED) is 0.524. The first kappa shape index (κ1) is 17.6. The van der Waals surface area contributed by atoms with E-state index in [4.69, 9.17) is 10.7 Å². The van der Waals surface area contributed by atoms with Crippen molar-refractivity contribution in [1.82, 2.24) is 14.9 Å². The molecule has 1 saturated heterocycles. The van der Waals surface area contributed by atoms with Gasteiger partial charge < -0.3 is 10.7 Å². The number of piperidine rings is 1. The van der Waals surface area contributed by atoms with E-state index in [0.29, 0.717) is 6.04 Å². The Hall–Kier alpha value is -2.47. The minimum Gasteiger partial charge on any atom is -0.337 e. The summed E-state index contributed by atoms with van der Waals surface area (Å²) in [6, 6.07) is 21.8. The van der Waals surface area contributed by atoms with Crippen molar-refractivity contribution < 1.29 is 0 Å². The molecule has 4 aromatic rings. The van der Waals surface area contributed by atoms with E-state index in [9.17, 15) is 0 Å². The Morgan fingerprint density at radius 3 is 2.68 bits per heavy atom. The van der Waals surface area contributed by atoms with Gasteiger partial charge in [0.05, 0.1) is 15.9 Å². The minimum absolute atomic E-state index is 0.329. The Kier molecular flexibility index (Phi) is 4.72. The highest BCUT2D eigenvalue weighted by Gasteiger charge is 2.16. The van der Waals surface area contributed by atoms with Crippen LogP contribution in [-0.2, 0) is 6.54 Å². The van der Waals surface area contributed by atoms with Gasteiger partial charge in [-0.25, -0.2) is 4.98 Å². The van der Waals surface area contributed by atoms with Crippen molar-refractivity contribution in [2.75, 3.05) is 13.1 Å². The number of aromatic nitrogens is 2. The molecule has 1 atom stereocenters. The zero-order valence-corrected chi connectivity index (χ0v) is 16.6. The molecule has 0 bridgehead atoms. The molecule has 5 heteroatoms. The van der Waals surface area contributed by atoms with Crippen molar-refractivity contribution in [2.24, 2.45) is 5.73 Å². The van der Waals surface area contributed by atoms with Crippen molar-refractivity contribution in [2.45, 2.75) is 25.4 Å². The Balaban J connectivity index is 1.32. The second-order valence-electron chi connectivity index (χ2n) is 7.60. The average molecular weight is 389 g/mol. The number of thiophene rings is 1. The van der Waals surface area contributed by atoms with Crippen molar-refractivity contribution in [3.63, 3.8) is 0 Å². The summed E-state index contributed by atoms with van der Waals surface area (Å²) in [4.78, 5) is 13.0. The number of hydrogen-bond donors (Lipinski definition) is 2. The SMILES string of the molecule is NC1CCCN(Cc2ccc(-c3ccc(-c4nc5ccccc5[nH]4)s3)cc2)C1. The largest absolute Gasteiger partial charge is 0.337 e. The second kappa shape index (κ2) is 7.51. The highest BCUT2D eigenvalue weighted by molar-refractivity contribution is 7.18. The summed E-state index contributed by atoms with van der Waals surface area (Å²) < 4.78 is 0. The molecule has 0 saturated carbocycles.